The van der Waals surface area contributed by atoms with Crippen LogP contribution in [0.1, 0.15) is 15.9 Å². The molecule has 3 aromatic carbocycles. The van der Waals surface area contributed by atoms with Crippen LogP contribution >= 0.6 is 0 Å². The van der Waals surface area contributed by atoms with E-state index < -0.39 is 10.0 Å². The quantitative estimate of drug-likeness (QED) is 0.456. The van der Waals surface area contributed by atoms with Crippen LogP contribution in [0.2, 0.25) is 0 Å². The minimum atomic E-state index is -3.58. The molecule has 7 nitrogen and oxygen atoms in total. The zero-order valence-corrected chi connectivity index (χ0v) is 19.1. The lowest BCUT2D eigenvalue weighted by Crippen LogP contribution is -2.30. The van der Waals surface area contributed by atoms with E-state index >= 15 is 0 Å². The number of benzene rings is 3. The Hall–Kier alpha value is -3.59. The number of carbonyl (C=O) groups is 1. The van der Waals surface area contributed by atoms with Crippen LogP contribution in [0.3, 0.4) is 0 Å². The number of para-hydroxylation sites is 2. The molecule has 0 radical (unpaired) electrons. The first kappa shape index (κ1) is 24.1. The highest BCUT2D eigenvalue weighted by atomic mass is 32.2. The van der Waals surface area contributed by atoms with Gasteiger partial charge in [-0.05, 0) is 54.1 Å². The molecular formula is C24H25FN2O5S. The Balaban J connectivity index is 1.60. The molecule has 0 unspecified atom stereocenters. The predicted octanol–water partition coefficient (Wildman–Crippen LogP) is 3.61. The van der Waals surface area contributed by atoms with E-state index in [0.717, 1.165) is 6.26 Å². The van der Waals surface area contributed by atoms with Gasteiger partial charge in [-0.2, -0.15) is 0 Å². The van der Waals surface area contributed by atoms with Crippen molar-refractivity contribution in [1.82, 2.24) is 5.32 Å². The third kappa shape index (κ3) is 6.69. The molecular weight excluding hydrogens is 447 g/mol. The van der Waals surface area contributed by atoms with Gasteiger partial charge in [0.15, 0.2) is 0 Å². The summed E-state index contributed by atoms with van der Waals surface area (Å²) >= 11 is 0. The van der Waals surface area contributed by atoms with Crippen LogP contribution in [0.4, 0.5) is 10.1 Å². The number of nitrogens with one attached hydrogen (secondary N) is 1. The number of ether oxygens (including phenoxy) is 2. The lowest BCUT2D eigenvalue weighted by atomic mass is 10.1. The number of nitrogens with zero attached hydrogens (tertiary/aromatic N) is 1. The Labute approximate surface area is 192 Å². The van der Waals surface area contributed by atoms with E-state index in [4.69, 9.17) is 9.47 Å². The van der Waals surface area contributed by atoms with Crippen molar-refractivity contribution in [2.75, 3.05) is 30.8 Å². The number of sulfonamides is 1. The Morgan fingerprint density at radius 3 is 2.30 bits per heavy atom. The molecule has 1 N–H and O–H groups in total. The molecule has 0 heterocycles. The van der Waals surface area contributed by atoms with Crippen molar-refractivity contribution < 1.29 is 27.1 Å². The Morgan fingerprint density at radius 2 is 1.67 bits per heavy atom. The Kier molecular flexibility index (Phi) is 7.89. The van der Waals surface area contributed by atoms with Crippen molar-refractivity contribution in [3.63, 3.8) is 0 Å². The highest BCUT2D eigenvalue weighted by molar-refractivity contribution is 7.92. The van der Waals surface area contributed by atoms with E-state index in [2.05, 4.69) is 5.32 Å². The predicted molar refractivity (Wildman–Crippen MR) is 125 cm³/mol. The highest BCUT2D eigenvalue weighted by Gasteiger charge is 2.21. The van der Waals surface area contributed by atoms with Gasteiger partial charge in [0.2, 0.25) is 10.0 Å². The molecule has 0 aliphatic rings. The van der Waals surface area contributed by atoms with Gasteiger partial charge in [0.1, 0.15) is 23.9 Å². The first-order valence-corrected chi connectivity index (χ1v) is 12.0. The van der Waals surface area contributed by atoms with E-state index in [1.54, 1.807) is 48.5 Å². The molecule has 0 aliphatic carbocycles. The summed E-state index contributed by atoms with van der Waals surface area (Å²) in [4.78, 5) is 12.4. The van der Waals surface area contributed by atoms with Crippen LogP contribution in [0.25, 0.3) is 0 Å². The van der Waals surface area contributed by atoms with Gasteiger partial charge in [-0.15, -0.1) is 0 Å². The summed E-state index contributed by atoms with van der Waals surface area (Å²) in [6.07, 6.45) is 1.13. The van der Waals surface area contributed by atoms with E-state index in [1.807, 2.05) is 0 Å². The number of hydrogen-bond acceptors (Lipinski definition) is 5. The van der Waals surface area contributed by atoms with Crippen LogP contribution in [0.5, 0.6) is 11.5 Å². The Morgan fingerprint density at radius 1 is 1.00 bits per heavy atom. The lowest BCUT2D eigenvalue weighted by molar-refractivity contribution is 0.0947. The van der Waals surface area contributed by atoms with E-state index in [0.29, 0.717) is 28.3 Å². The number of methoxy groups -OCH3 is 1. The second-order valence-electron chi connectivity index (χ2n) is 7.20. The summed E-state index contributed by atoms with van der Waals surface area (Å²) in [6, 6.07) is 19.2. The average molecular weight is 473 g/mol. The molecule has 0 saturated carbocycles. The van der Waals surface area contributed by atoms with E-state index in [9.17, 15) is 17.6 Å². The normalized spacial score (nSPS) is 11.0. The molecule has 3 aromatic rings. The molecule has 0 fully saturated rings. The standard InChI is InChI=1S/C24H25FN2O5S/c1-31-23-6-4-3-5-22(23)27(33(2,29)30)17-18-7-9-19(10-8-18)24(28)26-15-16-32-21-13-11-20(25)12-14-21/h3-14H,15-17H2,1-2H3,(H,26,28). The van der Waals surface area contributed by atoms with Crippen molar-refractivity contribution in [2.45, 2.75) is 6.54 Å². The molecule has 0 bridgehead atoms. The van der Waals surface area contributed by atoms with Crippen molar-refractivity contribution in [1.29, 1.82) is 0 Å². The zero-order chi connectivity index (χ0) is 23.8. The number of anilines is 1. The van der Waals surface area contributed by atoms with Gasteiger partial charge >= 0.3 is 0 Å². The van der Waals surface area contributed by atoms with Crippen LogP contribution in [0.15, 0.2) is 72.8 Å². The third-order valence-corrected chi connectivity index (χ3v) is 5.89. The van der Waals surface area contributed by atoms with Gasteiger partial charge < -0.3 is 14.8 Å². The first-order valence-electron chi connectivity index (χ1n) is 10.1. The van der Waals surface area contributed by atoms with Crippen molar-refractivity contribution in [2.24, 2.45) is 0 Å². The van der Waals surface area contributed by atoms with Crippen LogP contribution in [0, 0.1) is 5.82 Å². The summed E-state index contributed by atoms with van der Waals surface area (Å²) in [6.45, 7) is 0.595. The number of carbonyl (C=O) groups excluding carboxylic acids is 1. The van der Waals surface area contributed by atoms with Crippen molar-refractivity contribution in [3.8, 4) is 11.5 Å². The largest absolute Gasteiger partial charge is 0.495 e. The summed E-state index contributed by atoms with van der Waals surface area (Å²) in [5, 5.41) is 2.75. The number of hydrogen-bond donors (Lipinski definition) is 1. The molecule has 1 amide bonds. The molecule has 33 heavy (non-hydrogen) atoms. The average Bonchev–Trinajstić information content (AvgIpc) is 2.81. The fourth-order valence-corrected chi connectivity index (χ4v) is 4.00. The summed E-state index contributed by atoms with van der Waals surface area (Å²) in [7, 11) is -2.09. The summed E-state index contributed by atoms with van der Waals surface area (Å²) in [5.74, 6) is 0.331. The third-order valence-electron chi connectivity index (χ3n) is 4.77. The molecule has 0 saturated heterocycles. The van der Waals surface area contributed by atoms with Crippen molar-refractivity contribution in [3.05, 3.63) is 89.7 Å². The second-order valence-corrected chi connectivity index (χ2v) is 9.10. The topological polar surface area (TPSA) is 84.9 Å². The van der Waals surface area contributed by atoms with Crippen LogP contribution < -0.4 is 19.1 Å². The highest BCUT2D eigenvalue weighted by Crippen LogP contribution is 2.30. The lowest BCUT2D eigenvalue weighted by Gasteiger charge is -2.24. The van der Waals surface area contributed by atoms with Crippen molar-refractivity contribution >= 4 is 21.6 Å². The first-order chi connectivity index (χ1) is 15.8. The maximum atomic E-state index is 12.9. The van der Waals surface area contributed by atoms with Crippen LogP contribution in [-0.2, 0) is 16.6 Å². The molecule has 174 valence electrons. The van der Waals surface area contributed by atoms with Gasteiger partial charge in [0, 0.05) is 5.56 Å². The smallest absolute Gasteiger partial charge is 0.251 e. The van der Waals surface area contributed by atoms with Crippen LogP contribution in [-0.4, -0.2) is 40.8 Å². The molecule has 0 aromatic heterocycles. The SMILES string of the molecule is COc1ccccc1N(Cc1ccc(C(=O)NCCOc2ccc(F)cc2)cc1)S(C)(=O)=O. The number of halogens is 1. The molecule has 0 aliphatic heterocycles. The number of amides is 1. The fourth-order valence-electron chi connectivity index (χ4n) is 3.11. The summed E-state index contributed by atoms with van der Waals surface area (Å²) in [5.41, 5.74) is 1.58. The van der Waals surface area contributed by atoms with E-state index in [1.165, 1.54) is 35.7 Å². The molecule has 0 spiro atoms. The van der Waals surface area contributed by atoms with E-state index in [-0.39, 0.29) is 31.4 Å². The zero-order valence-electron chi connectivity index (χ0n) is 18.3. The fraction of sp³-hybridized carbons (Fsp3) is 0.208. The minimum Gasteiger partial charge on any atom is -0.495 e. The maximum absolute atomic E-state index is 12.9. The summed E-state index contributed by atoms with van der Waals surface area (Å²) < 4.78 is 49.7. The van der Waals surface area contributed by atoms with Gasteiger partial charge in [0.25, 0.3) is 5.91 Å². The van der Waals surface area contributed by atoms with Gasteiger partial charge in [-0.1, -0.05) is 24.3 Å². The van der Waals surface area contributed by atoms with Gasteiger partial charge in [0.05, 0.1) is 32.1 Å². The number of rotatable bonds is 10. The second kappa shape index (κ2) is 10.8. The Bertz CT molecular complexity index is 1180. The van der Waals surface area contributed by atoms with Gasteiger partial charge in [-0.3, -0.25) is 9.10 Å². The maximum Gasteiger partial charge on any atom is 0.251 e. The monoisotopic (exact) mass is 472 g/mol. The molecule has 0 atom stereocenters. The molecule has 3 rings (SSSR count). The minimum absolute atomic E-state index is 0.0899. The molecule has 9 heteroatoms. The van der Waals surface area contributed by atoms with Gasteiger partial charge in [-0.25, -0.2) is 12.8 Å².